The molecular formula is C26H21ClF3N5O. The third-order valence-corrected chi connectivity index (χ3v) is 5.90. The number of rotatable bonds is 5. The van der Waals surface area contributed by atoms with Crippen molar-refractivity contribution in [1.82, 2.24) is 4.98 Å². The van der Waals surface area contributed by atoms with E-state index < -0.39 is 12.7 Å². The number of anilines is 3. The number of hydrogen-bond donors (Lipinski definition) is 2. The molecule has 0 aliphatic carbocycles. The fraction of sp³-hybridized carbons (Fsp3) is 0.154. The van der Waals surface area contributed by atoms with Crippen LogP contribution in [-0.2, 0) is 4.79 Å². The second kappa shape index (κ2) is 9.89. The monoisotopic (exact) mass is 511 g/mol. The van der Waals surface area contributed by atoms with Crippen molar-refractivity contribution in [1.29, 1.82) is 0 Å². The van der Waals surface area contributed by atoms with Gasteiger partial charge < -0.3 is 16.0 Å². The minimum absolute atomic E-state index is 0.0224. The van der Waals surface area contributed by atoms with Crippen molar-refractivity contribution in [2.45, 2.75) is 13.1 Å². The Morgan fingerprint density at radius 2 is 1.89 bits per heavy atom. The Morgan fingerprint density at radius 1 is 1.17 bits per heavy atom. The summed E-state index contributed by atoms with van der Waals surface area (Å²) in [5.74, 6) is 2.02. The van der Waals surface area contributed by atoms with E-state index in [1.807, 2.05) is 18.9 Å². The van der Waals surface area contributed by atoms with Crippen molar-refractivity contribution >= 4 is 52.2 Å². The van der Waals surface area contributed by atoms with Gasteiger partial charge in [-0.05, 0) is 55.0 Å². The number of halogens is 4. The number of benzene rings is 2. The van der Waals surface area contributed by atoms with Gasteiger partial charge in [-0.15, -0.1) is 0 Å². The van der Waals surface area contributed by atoms with E-state index in [4.69, 9.17) is 17.3 Å². The molecule has 4 rings (SSSR count). The minimum atomic E-state index is -4.41. The number of aromatic nitrogens is 1. The smallest absolute Gasteiger partial charge is 0.398 e. The van der Waals surface area contributed by atoms with Crippen LogP contribution in [0.4, 0.5) is 30.4 Å². The summed E-state index contributed by atoms with van der Waals surface area (Å²) in [5.41, 5.74) is 9.84. The zero-order valence-corrected chi connectivity index (χ0v) is 20.1. The average Bonchev–Trinajstić information content (AvgIpc) is 2.86. The van der Waals surface area contributed by atoms with Crippen molar-refractivity contribution in [2.75, 3.05) is 29.5 Å². The molecule has 6 nitrogen and oxygen atoms in total. The van der Waals surface area contributed by atoms with Gasteiger partial charge in [-0.1, -0.05) is 23.7 Å². The maximum absolute atomic E-state index is 12.8. The topological polar surface area (TPSA) is 83.6 Å². The average molecular weight is 512 g/mol. The van der Waals surface area contributed by atoms with Crippen LogP contribution in [0.2, 0.25) is 5.02 Å². The van der Waals surface area contributed by atoms with Gasteiger partial charge in [0, 0.05) is 51.7 Å². The number of carbonyl (C=O) groups excluding carboxylic acids is 1. The molecular weight excluding hydrogens is 491 g/mol. The highest BCUT2D eigenvalue weighted by Gasteiger charge is 2.27. The molecule has 0 fully saturated rings. The van der Waals surface area contributed by atoms with Crippen LogP contribution in [0.25, 0.3) is 11.8 Å². The molecule has 0 amide bonds. The minimum Gasteiger partial charge on any atom is -0.398 e. The lowest BCUT2D eigenvalue weighted by Gasteiger charge is -2.27. The highest BCUT2D eigenvalue weighted by molar-refractivity contribution is 6.30. The predicted molar refractivity (Wildman–Crippen MR) is 137 cm³/mol. The van der Waals surface area contributed by atoms with Crippen LogP contribution in [0.1, 0.15) is 18.1 Å². The highest BCUT2D eigenvalue weighted by atomic mass is 35.5. The van der Waals surface area contributed by atoms with Gasteiger partial charge in [0.05, 0.1) is 5.35 Å². The van der Waals surface area contributed by atoms with Crippen LogP contribution >= 0.6 is 11.6 Å². The Morgan fingerprint density at radius 3 is 2.53 bits per heavy atom. The zero-order valence-electron chi connectivity index (χ0n) is 19.3. The first-order valence-corrected chi connectivity index (χ1v) is 11.2. The lowest BCUT2D eigenvalue weighted by Crippen LogP contribution is -2.41. The lowest BCUT2D eigenvalue weighted by molar-refractivity contribution is -0.115. The van der Waals surface area contributed by atoms with Gasteiger partial charge >= 0.3 is 6.18 Å². The van der Waals surface area contributed by atoms with Gasteiger partial charge in [0.2, 0.25) is 0 Å². The van der Waals surface area contributed by atoms with E-state index in [1.165, 1.54) is 6.07 Å². The normalized spacial score (nSPS) is 13.7. The Kier molecular flexibility index (Phi) is 6.88. The quantitative estimate of drug-likeness (QED) is 0.308. The molecule has 0 saturated carbocycles. The first kappa shape index (κ1) is 25.0. The number of fused-ring (bicyclic) bond motifs is 1. The largest absolute Gasteiger partial charge is 0.405 e. The van der Waals surface area contributed by atoms with Crippen LogP contribution in [0, 0.1) is 0 Å². The first-order valence-electron chi connectivity index (χ1n) is 10.8. The molecule has 0 saturated heterocycles. The first-order chi connectivity index (χ1) is 17.1. The second-order valence-electron chi connectivity index (χ2n) is 8.02. The molecule has 36 heavy (non-hydrogen) atoms. The van der Waals surface area contributed by atoms with E-state index >= 15 is 0 Å². The van der Waals surface area contributed by atoms with Crippen LogP contribution in [0.15, 0.2) is 65.3 Å². The van der Waals surface area contributed by atoms with Gasteiger partial charge in [0.1, 0.15) is 18.1 Å². The van der Waals surface area contributed by atoms with Crippen molar-refractivity contribution in [3.05, 3.63) is 87.0 Å². The Labute approximate surface area is 209 Å². The van der Waals surface area contributed by atoms with Gasteiger partial charge in [-0.2, -0.15) is 13.2 Å². The number of nitrogen functional groups attached to an aromatic ring is 1. The van der Waals surface area contributed by atoms with Gasteiger partial charge in [-0.3, -0.25) is 4.99 Å². The van der Waals surface area contributed by atoms with E-state index in [0.717, 1.165) is 0 Å². The molecule has 1 aromatic heterocycles. The Hall–Kier alpha value is -4.07. The second-order valence-corrected chi connectivity index (χ2v) is 8.45. The SMILES string of the molecule is CN=C(C)c1cc(N2C=c3ccc(NCC(F)(F)F)nc3=C(c3ccc(Cl)cc3)C2=C=O)ccc1N. The molecule has 1 aliphatic rings. The number of allylic oxidation sites excluding steroid dienone is 1. The zero-order chi connectivity index (χ0) is 26.0. The van der Waals surface area contributed by atoms with Crippen molar-refractivity contribution in [3.63, 3.8) is 0 Å². The number of nitrogens with zero attached hydrogens (tertiary/aromatic N) is 3. The number of pyridine rings is 1. The van der Waals surface area contributed by atoms with Crippen LogP contribution in [0.5, 0.6) is 0 Å². The molecule has 0 atom stereocenters. The predicted octanol–water partition coefficient (Wildman–Crippen LogP) is 3.90. The number of nitrogens with two attached hydrogens (primary N) is 1. The summed E-state index contributed by atoms with van der Waals surface area (Å²) >= 11 is 6.07. The van der Waals surface area contributed by atoms with Crippen molar-refractivity contribution < 1.29 is 18.0 Å². The number of hydrogen-bond acceptors (Lipinski definition) is 6. The Balaban J connectivity index is 1.96. The van der Waals surface area contributed by atoms with E-state index in [-0.39, 0.29) is 11.5 Å². The highest BCUT2D eigenvalue weighted by Crippen LogP contribution is 2.31. The fourth-order valence-electron chi connectivity index (χ4n) is 3.82. The van der Waals surface area contributed by atoms with Crippen molar-refractivity contribution in [2.24, 2.45) is 4.99 Å². The molecule has 1 aliphatic heterocycles. The van der Waals surface area contributed by atoms with Gasteiger partial charge in [0.15, 0.2) is 5.94 Å². The van der Waals surface area contributed by atoms with Crippen LogP contribution in [-0.4, -0.2) is 36.4 Å². The molecule has 3 aromatic rings. The summed E-state index contributed by atoms with van der Waals surface area (Å²) in [6, 6.07) is 15.1. The molecule has 0 unspecified atom stereocenters. The summed E-state index contributed by atoms with van der Waals surface area (Å²) in [7, 11) is 1.66. The summed E-state index contributed by atoms with van der Waals surface area (Å²) in [4.78, 5) is 22.6. The van der Waals surface area contributed by atoms with Crippen LogP contribution < -0.4 is 26.5 Å². The van der Waals surface area contributed by atoms with E-state index in [1.54, 1.807) is 60.6 Å². The van der Waals surface area contributed by atoms with Gasteiger partial charge in [-0.25, -0.2) is 9.78 Å². The Bertz CT molecular complexity index is 1520. The molecule has 2 aromatic carbocycles. The fourth-order valence-corrected chi connectivity index (χ4v) is 3.95. The number of nitrogens with one attached hydrogen (secondary N) is 1. The molecule has 0 bridgehead atoms. The van der Waals surface area contributed by atoms with Crippen molar-refractivity contribution in [3.8, 4) is 0 Å². The number of alkyl halides is 3. The molecule has 3 N–H and O–H groups in total. The summed E-state index contributed by atoms with van der Waals surface area (Å²) < 4.78 is 38.3. The summed E-state index contributed by atoms with van der Waals surface area (Å²) in [5, 5.41) is 3.71. The summed E-state index contributed by atoms with van der Waals surface area (Å²) in [6.45, 7) is 0.583. The van der Waals surface area contributed by atoms with Gasteiger partial charge in [0.25, 0.3) is 0 Å². The molecule has 184 valence electrons. The van der Waals surface area contributed by atoms with E-state index in [2.05, 4.69) is 15.3 Å². The van der Waals surface area contributed by atoms with E-state index in [0.29, 0.717) is 49.4 Å². The summed E-state index contributed by atoms with van der Waals surface area (Å²) in [6.07, 6.45) is -2.73. The lowest BCUT2D eigenvalue weighted by atomic mass is 9.98. The third-order valence-electron chi connectivity index (χ3n) is 5.65. The molecule has 10 heteroatoms. The maximum atomic E-state index is 12.8. The standard InChI is InChI=1S/C26H21ClF3N5O/c1-15(32-2)20-11-19(8-9-21(20)31)35-12-17-5-10-23(33-14-26(28,29)30)34-25(17)24(22(35)13-36)16-3-6-18(27)7-4-16/h3-12H,14,31H2,1-2H3,(H,33,34). The third kappa shape index (κ3) is 5.12. The maximum Gasteiger partial charge on any atom is 0.405 e. The molecule has 0 radical (unpaired) electrons. The molecule has 0 spiro atoms. The van der Waals surface area contributed by atoms with E-state index in [9.17, 15) is 18.0 Å². The number of aliphatic imine (C=N–C) groups is 1. The molecule has 2 heterocycles. The van der Waals surface area contributed by atoms with Crippen LogP contribution in [0.3, 0.4) is 0 Å².